The molecule has 35 heavy (non-hydrogen) atoms. The summed E-state index contributed by atoms with van der Waals surface area (Å²) in [6.07, 6.45) is 9.61. The van der Waals surface area contributed by atoms with E-state index >= 15 is 0 Å². The highest BCUT2D eigenvalue weighted by Crippen LogP contribution is 2.30. The number of amides is 3. The third-order valence-corrected chi connectivity index (χ3v) is 6.49. The maximum absolute atomic E-state index is 14.0. The molecule has 10 heteroatoms. The minimum absolute atomic E-state index is 0.0574. The van der Waals surface area contributed by atoms with E-state index in [0.717, 1.165) is 17.7 Å². The molecular weight excluding hydrogens is 453 g/mol. The molecule has 184 valence electrons. The molecule has 0 aromatic carbocycles. The van der Waals surface area contributed by atoms with Crippen LogP contribution in [0.15, 0.2) is 75.4 Å². The van der Waals surface area contributed by atoms with Gasteiger partial charge in [-0.1, -0.05) is 18.2 Å². The van der Waals surface area contributed by atoms with E-state index in [1.54, 1.807) is 15.9 Å². The molecule has 1 saturated heterocycles. The van der Waals surface area contributed by atoms with Crippen LogP contribution in [-0.2, 0) is 14.4 Å². The van der Waals surface area contributed by atoms with Crippen molar-refractivity contribution in [2.45, 2.75) is 44.8 Å². The lowest BCUT2D eigenvalue weighted by Gasteiger charge is -2.38. The predicted molar refractivity (Wildman–Crippen MR) is 128 cm³/mol. The number of hydrogen-bond acceptors (Lipinski definition) is 6. The number of halogens is 1. The van der Waals surface area contributed by atoms with Crippen molar-refractivity contribution in [3.8, 4) is 0 Å². The van der Waals surface area contributed by atoms with Crippen LogP contribution in [0.5, 0.6) is 0 Å². The molecule has 3 amide bonds. The molecule has 0 spiro atoms. The van der Waals surface area contributed by atoms with Crippen LogP contribution in [0.25, 0.3) is 0 Å². The molecular formula is C25H28FN5O4. The van der Waals surface area contributed by atoms with Gasteiger partial charge in [0, 0.05) is 36.5 Å². The molecule has 0 radical (unpaired) electrons. The maximum Gasteiger partial charge on any atom is 0.273 e. The van der Waals surface area contributed by atoms with Gasteiger partial charge in [-0.25, -0.2) is 9.38 Å². The van der Waals surface area contributed by atoms with Crippen molar-refractivity contribution in [3.05, 3.63) is 70.5 Å². The van der Waals surface area contributed by atoms with Crippen LogP contribution in [0.4, 0.5) is 4.39 Å². The van der Waals surface area contributed by atoms with Crippen molar-refractivity contribution >= 4 is 23.4 Å². The molecule has 2 unspecified atom stereocenters. The summed E-state index contributed by atoms with van der Waals surface area (Å²) in [5.74, 6) is -1.80. The second-order valence-electron chi connectivity index (χ2n) is 8.81. The van der Waals surface area contributed by atoms with Gasteiger partial charge >= 0.3 is 0 Å². The highest BCUT2D eigenvalue weighted by atomic mass is 19.1. The monoisotopic (exact) mass is 481 g/mol. The minimum atomic E-state index is -1.63. The number of allylic oxidation sites excluding steroid dienone is 5. The first-order chi connectivity index (χ1) is 16.7. The number of likely N-dealkylation sites (tertiary alicyclic amines) is 1. The minimum Gasteiger partial charge on any atom is -0.509 e. The van der Waals surface area contributed by atoms with E-state index in [4.69, 9.17) is 11.5 Å². The molecule has 0 bridgehead atoms. The Morgan fingerprint density at radius 2 is 2.00 bits per heavy atom. The number of nitrogens with zero attached hydrogens (tertiary/aromatic N) is 3. The number of aliphatic hydroxyl groups excluding tert-OH is 1. The van der Waals surface area contributed by atoms with Gasteiger partial charge in [-0.2, -0.15) is 0 Å². The molecule has 2 aliphatic heterocycles. The van der Waals surface area contributed by atoms with E-state index in [-0.39, 0.29) is 54.0 Å². The summed E-state index contributed by atoms with van der Waals surface area (Å²) < 4.78 is 14.0. The van der Waals surface area contributed by atoms with E-state index in [0.29, 0.717) is 13.0 Å². The molecule has 4 aliphatic rings. The number of aliphatic imine (C=N–C) groups is 1. The average Bonchev–Trinajstić information content (AvgIpc) is 2.82. The number of carbonyl (C=O) groups is 3. The predicted octanol–water partition coefficient (Wildman–Crippen LogP) is 1.82. The van der Waals surface area contributed by atoms with Crippen LogP contribution >= 0.6 is 0 Å². The van der Waals surface area contributed by atoms with Crippen molar-refractivity contribution in [3.63, 3.8) is 0 Å². The quantitative estimate of drug-likeness (QED) is 0.525. The summed E-state index contributed by atoms with van der Waals surface area (Å²) >= 11 is 0. The zero-order chi connectivity index (χ0) is 25.3. The number of primary amides is 1. The second kappa shape index (κ2) is 9.73. The largest absolute Gasteiger partial charge is 0.509 e. The summed E-state index contributed by atoms with van der Waals surface area (Å²) in [6, 6.07) is -0.290. The Balaban J connectivity index is 1.63. The Bertz CT molecular complexity index is 1190. The molecule has 4 rings (SSSR count). The Labute approximate surface area is 202 Å². The first-order valence-corrected chi connectivity index (χ1v) is 11.5. The first-order valence-electron chi connectivity index (χ1n) is 11.5. The summed E-state index contributed by atoms with van der Waals surface area (Å²) in [5.41, 5.74) is 13.1. The van der Waals surface area contributed by atoms with Gasteiger partial charge in [0.25, 0.3) is 17.7 Å². The number of nitrogens with two attached hydrogens (primary N) is 2. The summed E-state index contributed by atoms with van der Waals surface area (Å²) in [5, 5.41) is 9.52. The molecule has 2 heterocycles. The zero-order valence-corrected chi connectivity index (χ0v) is 19.4. The Morgan fingerprint density at radius 3 is 2.66 bits per heavy atom. The summed E-state index contributed by atoms with van der Waals surface area (Å²) in [4.78, 5) is 45.3. The second-order valence-corrected chi connectivity index (χ2v) is 8.81. The van der Waals surface area contributed by atoms with E-state index in [1.165, 1.54) is 12.2 Å². The number of piperidine rings is 1. The fraction of sp³-hybridized carbons (Fsp3) is 0.360. The summed E-state index contributed by atoms with van der Waals surface area (Å²) in [7, 11) is 0. The third-order valence-electron chi connectivity index (χ3n) is 6.49. The van der Waals surface area contributed by atoms with Gasteiger partial charge < -0.3 is 26.4 Å². The highest BCUT2D eigenvalue weighted by Gasteiger charge is 2.36. The van der Waals surface area contributed by atoms with Gasteiger partial charge in [0.2, 0.25) is 0 Å². The standard InChI is InChI=1S/C25H28FN5O4/c1-14-12-16(6-7-19(14)31-10-3-2-4-21(31)33)30-11-9-17(22(27)24(28)34)23(25(30)35)29-15-5-8-20(32)18(26)13-15/h2,4-5,7-8,12,16,18,32H,3,6,9-11,13,27H2,1H3,(H2,28,34). The highest BCUT2D eigenvalue weighted by molar-refractivity contribution is 6.47. The van der Waals surface area contributed by atoms with Crippen LogP contribution in [-0.4, -0.2) is 63.6 Å². The van der Waals surface area contributed by atoms with Crippen molar-refractivity contribution in [2.75, 3.05) is 13.1 Å². The van der Waals surface area contributed by atoms with Gasteiger partial charge in [-0.05, 0) is 50.0 Å². The van der Waals surface area contributed by atoms with Crippen LogP contribution in [0.2, 0.25) is 0 Å². The van der Waals surface area contributed by atoms with E-state index in [9.17, 15) is 23.9 Å². The fourth-order valence-electron chi connectivity index (χ4n) is 4.63. The van der Waals surface area contributed by atoms with Crippen LogP contribution in [0, 0.1) is 0 Å². The smallest absolute Gasteiger partial charge is 0.273 e. The molecule has 0 aromatic rings. The van der Waals surface area contributed by atoms with Crippen molar-refractivity contribution in [2.24, 2.45) is 16.5 Å². The Hall–Kier alpha value is -3.95. The molecule has 5 N–H and O–H groups in total. The molecule has 2 aliphatic carbocycles. The number of carbonyl (C=O) groups excluding carboxylic acids is 3. The van der Waals surface area contributed by atoms with Crippen LogP contribution in [0.3, 0.4) is 0 Å². The first kappa shape index (κ1) is 24.2. The van der Waals surface area contributed by atoms with Gasteiger partial charge in [0.1, 0.15) is 17.2 Å². The van der Waals surface area contributed by atoms with Crippen molar-refractivity contribution in [1.82, 2.24) is 9.80 Å². The van der Waals surface area contributed by atoms with Gasteiger partial charge in [-0.3, -0.25) is 14.4 Å². The number of aliphatic hydroxyl groups is 1. The van der Waals surface area contributed by atoms with Gasteiger partial charge in [-0.15, -0.1) is 0 Å². The normalized spacial score (nSPS) is 27.9. The summed E-state index contributed by atoms with van der Waals surface area (Å²) in [6.45, 7) is 2.79. The molecule has 0 aromatic heterocycles. The van der Waals surface area contributed by atoms with Gasteiger partial charge in [0.15, 0.2) is 6.17 Å². The third kappa shape index (κ3) is 4.82. The lowest BCUT2D eigenvalue weighted by Crippen LogP contribution is -2.49. The average molecular weight is 482 g/mol. The lowest BCUT2D eigenvalue weighted by atomic mass is 9.92. The SMILES string of the molecule is CC1=CC(N2CCC(=C(N)C(N)=O)C(=NC3=CC=C(O)C(F)C3)C2=O)CC=C1N1CCC=CC1=O. The zero-order valence-electron chi connectivity index (χ0n) is 19.4. The van der Waals surface area contributed by atoms with Crippen LogP contribution in [0.1, 0.15) is 32.6 Å². The number of hydrogen-bond donors (Lipinski definition) is 3. The lowest BCUT2D eigenvalue weighted by molar-refractivity contribution is -0.126. The van der Waals surface area contributed by atoms with Crippen molar-refractivity contribution in [1.29, 1.82) is 0 Å². The topological polar surface area (TPSA) is 142 Å². The molecule has 1 fully saturated rings. The molecule has 9 nitrogen and oxygen atoms in total. The van der Waals surface area contributed by atoms with E-state index in [2.05, 4.69) is 4.99 Å². The van der Waals surface area contributed by atoms with E-state index in [1.807, 2.05) is 25.2 Å². The fourth-order valence-corrected chi connectivity index (χ4v) is 4.63. The number of rotatable bonds is 4. The Kier molecular flexibility index (Phi) is 6.72. The Morgan fingerprint density at radius 1 is 1.23 bits per heavy atom. The van der Waals surface area contributed by atoms with Gasteiger partial charge in [0.05, 0.1) is 6.04 Å². The van der Waals surface area contributed by atoms with Crippen molar-refractivity contribution < 1.29 is 23.9 Å². The van der Waals surface area contributed by atoms with Crippen LogP contribution < -0.4 is 11.5 Å². The number of alkyl halides is 1. The van der Waals surface area contributed by atoms with E-state index < -0.39 is 23.7 Å². The maximum atomic E-state index is 14.0. The molecule has 2 atom stereocenters. The molecule has 0 saturated carbocycles.